The van der Waals surface area contributed by atoms with Gasteiger partial charge in [-0.2, -0.15) is 26.3 Å². The van der Waals surface area contributed by atoms with Gasteiger partial charge in [0.05, 0.1) is 30.1 Å². The number of alkyl halides is 6. The van der Waals surface area contributed by atoms with Gasteiger partial charge in [-0.15, -0.1) is 0 Å². The van der Waals surface area contributed by atoms with Crippen LogP contribution in [0.5, 0.6) is 0 Å². The number of imidazole rings is 1. The molecule has 0 spiro atoms. The van der Waals surface area contributed by atoms with Crippen molar-refractivity contribution < 1.29 is 35.7 Å². The first-order valence-corrected chi connectivity index (χ1v) is 11.8. The zero-order chi connectivity index (χ0) is 27.2. The summed E-state index contributed by atoms with van der Waals surface area (Å²) >= 11 is 0. The predicted octanol–water partition coefficient (Wildman–Crippen LogP) is 3.84. The highest BCUT2D eigenvalue weighted by atomic mass is 19.4. The topological polar surface area (TPSA) is 81.0 Å². The van der Waals surface area contributed by atoms with Crippen LogP contribution in [-0.2, 0) is 32.1 Å². The number of aromatic nitrogens is 6. The highest BCUT2D eigenvalue weighted by Gasteiger charge is 2.44. The van der Waals surface area contributed by atoms with Gasteiger partial charge in [0.2, 0.25) is 12.1 Å². The molecule has 4 heterocycles. The monoisotopic (exact) mass is 538 g/mol. The number of rotatable bonds is 5. The third kappa shape index (κ3) is 4.94. The summed E-state index contributed by atoms with van der Waals surface area (Å²) in [4.78, 5) is 20.9. The molecule has 1 N–H and O–H groups in total. The summed E-state index contributed by atoms with van der Waals surface area (Å²) in [6, 6.07) is 6.87. The summed E-state index contributed by atoms with van der Waals surface area (Å²) in [5, 5.41) is 7.01. The Morgan fingerprint density at radius 1 is 1.16 bits per heavy atom. The summed E-state index contributed by atoms with van der Waals surface area (Å²) in [7, 11) is 0. The number of amides is 1. The molecule has 0 fully saturated rings. The minimum Gasteiger partial charge on any atom is -0.347 e. The average molecular weight is 538 g/mol. The highest BCUT2D eigenvalue weighted by Crippen LogP contribution is 2.33. The maximum Gasteiger partial charge on any atom is 0.419 e. The minimum absolute atomic E-state index is 0.00525. The Morgan fingerprint density at radius 3 is 2.55 bits per heavy atom. The minimum atomic E-state index is -4.63. The lowest BCUT2D eigenvalue weighted by Crippen LogP contribution is -2.45. The molecule has 14 heteroatoms. The van der Waals surface area contributed by atoms with Crippen molar-refractivity contribution in [1.29, 1.82) is 0 Å². The molecule has 0 saturated carbocycles. The smallest absolute Gasteiger partial charge is 0.347 e. The Bertz CT molecular complexity index is 1490. The molecule has 3 aromatic heterocycles. The van der Waals surface area contributed by atoms with Crippen molar-refractivity contribution in [3.63, 3.8) is 0 Å². The average Bonchev–Trinajstić information content (AvgIpc) is 3.47. The number of halogens is 6. The van der Waals surface area contributed by atoms with Crippen molar-refractivity contribution in [3.8, 4) is 5.69 Å². The molecule has 0 bridgehead atoms. The van der Waals surface area contributed by atoms with Crippen molar-refractivity contribution in [1.82, 2.24) is 29.5 Å². The third-order valence-corrected chi connectivity index (χ3v) is 6.50. The van der Waals surface area contributed by atoms with Crippen LogP contribution in [0.2, 0.25) is 0 Å². The van der Waals surface area contributed by atoms with E-state index in [1.165, 1.54) is 4.68 Å². The number of hydrogen-bond acceptors (Lipinski definition) is 4. The summed E-state index contributed by atoms with van der Waals surface area (Å²) in [6.45, 7) is 2.04. The van der Waals surface area contributed by atoms with Gasteiger partial charge < -0.3 is 5.32 Å². The number of benzene rings is 1. The van der Waals surface area contributed by atoms with Gasteiger partial charge in [-0.25, -0.2) is 14.5 Å². The lowest BCUT2D eigenvalue weighted by atomic mass is 9.97. The van der Waals surface area contributed by atoms with Crippen LogP contribution in [0.25, 0.3) is 11.5 Å². The van der Waals surface area contributed by atoms with E-state index in [2.05, 4.69) is 20.4 Å². The second-order valence-corrected chi connectivity index (χ2v) is 9.02. The zero-order valence-electron chi connectivity index (χ0n) is 20.0. The SMILES string of the molecule is CCc1nc2ncc(C(F)(F)F)cn2c1C(=O)NCc1ccc(-n2c[n+]3c(n2)C[C@@H](C(F)(F)F)CC3)cc1. The molecular weight excluding hydrogens is 516 g/mol. The summed E-state index contributed by atoms with van der Waals surface area (Å²) < 4.78 is 83.0. The lowest BCUT2D eigenvalue weighted by Gasteiger charge is -2.21. The Kier molecular flexibility index (Phi) is 6.35. The van der Waals surface area contributed by atoms with E-state index in [9.17, 15) is 31.1 Å². The first-order chi connectivity index (χ1) is 17.9. The lowest BCUT2D eigenvalue weighted by molar-refractivity contribution is -0.713. The van der Waals surface area contributed by atoms with Gasteiger partial charge in [-0.05, 0) is 30.5 Å². The molecular formula is C24H22F6N7O+. The van der Waals surface area contributed by atoms with E-state index in [0.29, 0.717) is 35.4 Å². The third-order valence-electron chi connectivity index (χ3n) is 6.50. The van der Waals surface area contributed by atoms with Gasteiger partial charge in [0.1, 0.15) is 11.4 Å². The number of fused-ring (bicyclic) bond motifs is 2. The second-order valence-electron chi connectivity index (χ2n) is 9.02. The molecule has 8 nitrogen and oxygen atoms in total. The number of nitrogens with one attached hydrogen (secondary N) is 1. The second kappa shape index (κ2) is 9.40. The molecule has 200 valence electrons. The summed E-state index contributed by atoms with van der Waals surface area (Å²) in [5.41, 5.74) is 0.629. The van der Waals surface area contributed by atoms with Crippen LogP contribution in [0.3, 0.4) is 0 Å². The Balaban J connectivity index is 1.30. The number of nitrogens with zero attached hydrogens (tertiary/aromatic N) is 6. The van der Waals surface area contributed by atoms with Crippen molar-refractivity contribution in [2.75, 3.05) is 0 Å². The molecule has 0 radical (unpaired) electrons. The number of carbonyl (C=O) groups is 1. The number of carbonyl (C=O) groups excluding carboxylic acids is 1. The van der Waals surface area contributed by atoms with Crippen molar-refractivity contribution in [3.05, 3.63) is 71.3 Å². The van der Waals surface area contributed by atoms with E-state index < -0.39 is 29.7 Å². The molecule has 0 aliphatic carbocycles. The van der Waals surface area contributed by atoms with Gasteiger partial charge in [-0.3, -0.25) is 9.20 Å². The van der Waals surface area contributed by atoms with E-state index in [4.69, 9.17) is 0 Å². The molecule has 1 aromatic carbocycles. The van der Waals surface area contributed by atoms with E-state index in [0.717, 1.165) is 10.6 Å². The fourth-order valence-corrected chi connectivity index (χ4v) is 4.42. The van der Waals surface area contributed by atoms with Crippen LogP contribution in [0.1, 0.15) is 46.5 Å². The number of hydrogen-bond donors (Lipinski definition) is 1. The molecule has 1 atom stereocenters. The summed E-state index contributed by atoms with van der Waals surface area (Å²) in [6.07, 6.45) is -5.61. The Labute approximate surface area is 211 Å². The molecule has 38 heavy (non-hydrogen) atoms. The Morgan fingerprint density at radius 2 is 1.89 bits per heavy atom. The van der Waals surface area contributed by atoms with Crippen LogP contribution < -0.4 is 9.88 Å². The quantitative estimate of drug-likeness (QED) is 0.309. The van der Waals surface area contributed by atoms with Gasteiger partial charge in [0.25, 0.3) is 11.7 Å². The maximum absolute atomic E-state index is 13.2. The highest BCUT2D eigenvalue weighted by molar-refractivity contribution is 5.94. The standard InChI is InChI=1S/C24H21F6N7O/c1-2-18-20(36-12-16(24(28,29)30)11-32-22(36)33-18)21(38)31-10-14-3-5-17(6-4-14)37-13-35-8-7-15(23(25,26)27)9-19(35)34-37/h3-6,11-13,15H,2,7-10H2,1H3/p+1/t15-/m0/s1. The van der Waals surface area contributed by atoms with Crippen LogP contribution in [0, 0.1) is 5.92 Å². The molecule has 1 aliphatic heterocycles. The fourth-order valence-electron chi connectivity index (χ4n) is 4.42. The molecule has 0 unspecified atom stereocenters. The first kappa shape index (κ1) is 25.7. The molecule has 0 saturated heterocycles. The fraction of sp³-hybridized carbons (Fsp3) is 0.375. The molecule has 1 aliphatic rings. The normalized spacial score (nSPS) is 16.0. The van der Waals surface area contributed by atoms with Crippen molar-refractivity contribution in [2.45, 2.75) is 51.6 Å². The molecule has 4 aromatic rings. The van der Waals surface area contributed by atoms with Crippen molar-refractivity contribution in [2.24, 2.45) is 5.92 Å². The Hall–Kier alpha value is -3.97. The van der Waals surface area contributed by atoms with Crippen LogP contribution in [0.4, 0.5) is 26.3 Å². The molecule has 5 rings (SSSR count). The van der Waals surface area contributed by atoms with Crippen LogP contribution >= 0.6 is 0 Å². The van der Waals surface area contributed by atoms with Gasteiger partial charge in [0.15, 0.2) is 0 Å². The first-order valence-electron chi connectivity index (χ1n) is 11.8. The van der Waals surface area contributed by atoms with Crippen LogP contribution in [-0.4, -0.2) is 36.2 Å². The zero-order valence-corrected chi connectivity index (χ0v) is 20.0. The number of aryl methyl sites for hydroxylation is 2. The maximum atomic E-state index is 13.2. The van der Waals surface area contributed by atoms with E-state index in [1.54, 1.807) is 42.1 Å². The largest absolute Gasteiger partial charge is 0.419 e. The van der Waals surface area contributed by atoms with Crippen LogP contribution in [0.15, 0.2) is 43.0 Å². The summed E-state index contributed by atoms with van der Waals surface area (Å²) in [5.74, 6) is -1.66. The van der Waals surface area contributed by atoms with Gasteiger partial charge in [0, 0.05) is 24.0 Å². The molecule has 1 amide bonds. The van der Waals surface area contributed by atoms with Crippen molar-refractivity contribution >= 4 is 11.7 Å². The van der Waals surface area contributed by atoms with Gasteiger partial charge in [-0.1, -0.05) is 23.7 Å². The van der Waals surface area contributed by atoms with E-state index in [1.807, 2.05) is 0 Å². The van der Waals surface area contributed by atoms with Gasteiger partial charge >= 0.3 is 12.4 Å². The predicted molar refractivity (Wildman–Crippen MR) is 120 cm³/mol. The van der Waals surface area contributed by atoms with E-state index in [-0.39, 0.29) is 37.4 Å². The van der Waals surface area contributed by atoms with E-state index >= 15 is 0 Å².